The Morgan fingerprint density at radius 3 is 2.46 bits per heavy atom. The first-order valence-corrected chi connectivity index (χ1v) is 8.45. The lowest BCUT2D eigenvalue weighted by atomic mass is 10.0. The Bertz CT molecular complexity index is 1100. The Morgan fingerprint density at radius 2 is 1.65 bits per heavy atom. The van der Waals surface area contributed by atoms with Crippen LogP contribution in [0.4, 0.5) is 6.01 Å². The van der Waals surface area contributed by atoms with Gasteiger partial charge in [-0.2, -0.15) is 0 Å². The number of amides is 1. The van der Waals surface area contributed by atoms with E-state index in [4.69, 9.17) is 27.6 Å². The number of aromatic nitrogens is 2. The van der Waals surface area contributed by atoms with Gasteiger partial charge in [-0.15, -0.1) is 5.10 Å². The van der Waals surface area contributed by atoms with Crippen LogP contribution in [0.25, 0.3) is 22.2 Å². The monoisotopic (exact) mass is 383 g/mol. The fourth-order valence-corrected chi connectivity index (χ4v) is 3.18. The molecule has 4 rings (SSSR count). The Morgan fingerprint density at radius 1 is 0.923 bits per heavy atom. The van der Waals surface area contributed by atoms with E-state index in [1.54, 1.807) is 24.3 Å². The second kappa shape index (κ2) is 6.78. The van der Waals surface area contributed by atoms with Crippen LogP contribution in [0.3, 0.4) is 0 Å². The molecule has 0 aliphatic carbocycles. The minimum Gasteiger partial charge on any atom is -0.403 e. The van der Waals surface area contributed by atoms with Gasteiger partial charge in [0.1, 0.15) is 0 Å². The van der Waals surface area contributed by atoms with Gasteiger partial charge in [0, 0.05) is 21.2 Å². The van der Waals surface area contributed by atoms with Crippen LogP contribution in [0.1, 0.15) is 10.4 Å². The zero-order valence-corrected chi connectivity index (χ0v) is 14.8. The van der Waals surface area contributed by atoms with E-state index in [0.717, 1.165) is 10.8 Å². The number of nitrogens with zero attached hydrogens (tertiary/aromatic N) is 2. The number of hydrogen-bond donors (Lipinski definition) is 1. The van der Waals surface area contributed by atoms with E-state index in [1.807, 2.05) is 36.4 Å². The van der Waals surface area contributed by atoms with Gasteiger partial charge in [-0.3, -0.25) is 10.1 Å². The van der Waals surface area contributed by atoms with Crippen molar-refractivity contribution in [1.82, 2.24) is 10.2 Å². The van der Waals surface area contributed by atoms with Crippen LogP contribution in [-0.4, -0.2) is 16.1 Å². The Kier molecular flexibility index (Phi) is 4.32. The Hall–Kier alpha value is -2.89. The van der Waals surface area contributed by atoms with E-state index >= 15 is 0 Å². The number of benzene rings is 3. The summed E-state index contributed by atoms with van der Waals surface area (Å²) in [5.74, 6) is -0.122. The lowest BCUT2D eigenvalue weighted by Crippen LogP contribution is -2.12. The third-order valence-electron chi connectivity index (χ3n) is 3.79. The summed E-state index contributed by atoms with van der Waals surface area (Å²) in [6.07, 6.45) is 0. The first-order valence-electron chi connectivity index (χ1n) is 7.69. The van der Waals surface area contributed by atoms with Gasteiger partial charge in [-0.25, -0.2) is 0 Å². The van der Waals surface area contributed by atoms with E-state index in [9.17, 15) is 4.79 Å². The van der Waals surface area contributed by atoms with Crippen LogP contribution in [0.2, 0.25) is 10.0 Å². The molecule has 1 heterocycles. The first-order chi connectivity index (χ1) is 12.6. The molecule has 1 N–H and O–H groups in total. The summed E-state index contributed by atoms with van der Waals surface area (Å²) < 4.78 is 5.51. The maximum Gasteiger partial charge on any atom is 0.322 e. The minimum absolute atomic E-state index is 0.00553. The zero-order valence-electron chi connectivity index (χ0n) is 13.2. The fraction of sp³-hybridized carbons (Fsp3) is 0. The van der Waals surface area contributed by atoms with Gasteiger partial charge in [0.25, 0.3) is 5.91 Å². The van der Waals surface area contributed by atoms with Crippen molar-refractivity contribution in [3.8, 4) is 11.5 Å². The number of carbonyl (C=O) groups is 1. The van der Waals surface area contributed by atoms with Crippen molar-refractivity contribution in [2.75, 3.05) is 5.32 Å². The van der Waals surface area contributed by atoms with Crippen LogP contribution in [0.15, 0.2) is 65.1 Å². The van der Waals surface area contributed by atoms with Crippen molar-refractivity contribution < 1.29 is 9.21 Å². The summed E-state index contributed by atoms with van der Waals surface area (Å²) in [6.45, 7) is 0. The van der Waals surface area contributed by atoms with E-state index in [-0.39, 0.29) is 17.8 Å². The number of halogens is 2. The molecule has 0 saturated carbocycles. The molecule has 128 valence electrons. The van der Waals surface area contributed by atoms with Crippen LogP contribution in [0, 0.1) is 0 Å². The van der Waals surface area contributed by atoms with Gasteiger partial charge >= 0.3 is 6.01 Å². The topological polar surface area (TPSA) is 68.0 Å². The lowest BCUT2D eigenvalue weighted by molar-refractivity contribution is 0.102. The summed E-state index contributed by atoms with van der Waals surface area (Å²) in [6, 6.07) is 18.0. The van der Waals surface area contributed by atoms with Crippen molar-refractivity contribution in [2.45, 2.75) is 0 Å². The molecule has 0 unspecified atom stereocenters. The van der Waals surface area contributed by atoms with E-state index in [0.29, 0.717) is 21.2 Å². The lowest BCUT2D eigenvalue weighted by Gasteiger charge is -2.05. The molecular weight excluding hydrogens is 373 g/mol. The average Bonchev–Trinajstić information content (AvgIpc) is 3.09. The summed E-state index contributed by atoms with van der Waals surface area (Å²) in [5, 5.41) is 13.1. The van der Waals surface area contributed by atoms with Gasteiger partial charge in [0.2, 0.25) is 5.89 Å². The molecule has 0 radical (unpaired) electrons. The third kappa shape index (κ3) is 3.27. The van der Waals surface area contributed by atoms with Crippen molar-refractivity contribution in [3.05, 3.63) is 76.3 Å². The van der Waals surface area contributed by atoms with Gasteiger partial charge < -0.3 is 4.42 Å². The second-order valence-corrected chi connectivity index (χ2v) is 6.42. The smallest absolute Gasteiger partial charge is 0.322 e. The fourth-order valence-electron chi connectivity index (χ4n) is 2.66. The SMILES string of the molecule is O=C(Nc1nnc(-c2cc(Cl)cc(Cl)c2)o1)c1cccc2ccccc12. The number of nitrogens with one attached hydrogen (secondary N) is 1. The van der Waals surface area contributed by atoms with Gasteiger partial charge in [0.05, 0.1) is 0 Å². The Labute approximate surface area is 158 Å². The molecule has 0 aliphatic rings. The highest BCUT2D eigenvalue weighted by atomic mass is 35.5. The molecule has 7 heteroatoms. The van der Waals surface area contributed by atoms with E-state index in [1.165, 1.54) is 0 Å². The Balaban J connectivity index is 1.62. The number of fused-ring (bicyclic) bond motifs is 1. The van der Waals surface area contributed by atoms with Crippen LogP contribution < -0.4 is 5.32 Å². The molecule has 0 fully saturated rings. The molecule has 0 atom stereocenters. The van der Waals surface area contributed by atoms with Crippen LogP contribution in [0.5, 0.6) is 0 Å². The number of rotatable bonds is 3. The largest absolute Gasteiger partial charge is 0.403 e. The average molecular weight is 384 g/mol. The van der Waals surface area contributed by atoms with Gasteiger partial charge in [-0.05, 0) is 35.0 Å². The number of hydrogen-bond acceptors (Lipinski definition) is 4. The molecular formula is C19H11Cl2N3O2. The standard InChI is InChI=1S/C19H11Cl2N3O2/c20-13-8-12(9-14(21)10-13)18-23-24-19(26-18)22-17(25)16-7-3-5-11-4-1-2-6-15(11)16/h1-10H,(H,22,24,25). The molecule has 3 aromatic carbocycles. The molecule has 1 amide bonds. The predicted molar refractivity (Wildman–Crippen MR) is 102 cm³/mol. The second-order valence-electron chi connectivity index (χ2n) is 5.55. The van der Waals surface area contributed by atoms with Crippen molar-refractivity contribution >= 4 is 45.9 Å². The summed E-state index contributed by atoms with van der Waals surface area (Å²) in [5.41, 5.74) is 1.09. The molecule has 0 spiro atoms. The number of anilines is 1. The van der Waals surface area contributed by atoms with Crippen LogP contribution >= 0.6 is 23.2 Å². The predicted octanol–water partition coefficient (Wildman–Crippen LogP) is 5.45. The van der Waals surface area contributed by atoms with Crippen LogP contribution in [-0.2, 0) is 0 Å². The van der Waals surface area contributed by atoms with Crippen molar-refractivity contribution in [1.29, 1.82) is 0 Å². The molecule has 4 aromatic rings. The molecule has 0 bridgehead atoms. The maximum absolute atomic E-state index is 12.6. The maximum atomic E-state index is 12.6. The van der Waals surface area contributed by atoms with E-state index in [2.05, 4.69) is 15.5 Å². The molecule has 26 heavy (non-hydrogen) atoms. The molecule has 0 saturated heterocycles. The molecule has 1 aromatic heterocycles. The summed E-state index contributed by atoms with van der Waals surface area (Å²) >= 11 is 12.0. The highest BCUT2D eigenvalue weighted by molar-refractivity contribution is 6.35. The van der Waals surface area contributed by atoms with E-state index < -0.39 is 0 Å². The van der Waals surface area contributed by atoms with Gasteiger partial charge in [0.15, 0.2) is 0 Å². The zero-order chi connectivity index (χ0) is 18.1. The normalized spacial score (nSPS) is 10.8. The molecule has 0 aliphatic heterocycles. The molecule has 5 nitrogen and oxygen atoms in total. The highest BCUT2D eigenvalue weighted by Crippen LogP contribution is 2.27. The quantitative estimate of drug-likeness (QED) is 0.510. The number of carbonyl (C=O) groups excluding carboxylic acids is 1. The first kappa shape index (κ1) is 16.6. The third-order valence-corrected chi connectivity index (χ3v) is 4.23. The van der Waals surface area contributed by atoms with Crippen molar-refractivity contribution in [2.24, 2.45) is 0 Å². The minimum atomic E-state index is -0.332. The highest BCUT2D eigenvalue weighted by Gasteiger charge is 2.15. The summed E-state index contributed by atoms with van der Waals surface area (Å²) in [4.78, 5) is 12.6. The summed E-state index contributed by atoms with van der Waals surface area (Å²) in [7, 11) is 0. The van der Waals surface area contributed by atoms with Gasteiger partial charge in [-0.1, -0.05) is 64.7 Å². The van der Waals surface area contributed by atoms with Crippen molar-refractivity contribution in [3.63, 3.8) is 0 Å².